The summed E-state index contributed by atoms with van der Waals surface area (Å²) < 4.78 is 5.60. The fraction of sp³-hybridized carbons (Fsp3) is 0.208. The van der Waals surface area contributed by atoms with E-state index in [1.165, 1.54) is 11.1 Å². The standard InChI is InChI=1S/C24H23NO2/c26-24(27-18-19-10-4-1-5-11-19)22-16-17-25(22)23(20-12-6-2-7-13-20)21-14-8-3-9-15-21/h1-15,22-23H,16-18H2/t22-/m1/s1. The van der Waals surface area contributed by atoms with Gasteiger partial charge < -0.3 is 4.74 Å². The number of likely N-dealkylation sites (tertiary alicyclic amines) is 1. The maximum absolute atomic E-state index is 12.7. The number of carbonyl (C=O) groups excluding carboxylic acids is 1. The van der Waals surface area contributed by atoms with Crippen molar-refractivity contribution in [3.63, 3.8) is 0 Å². The van der Waals surface area contributed by atoms with Crippen LogP contribution < -0.4 is 0 Å². The summed E-state index contributed by atoms with van der Waals surface area (Å²) in [7, 11) is 0. The third-order valence-corrected chi connectivity index (χ3v) is 5.12. The number of hydrogen-bond donors (Lipinski definition) is 0. The first-order valence-corrected chi connectivity index (χ1v) is 9.39. The van der Waals surface area contributed by atoms with E-state index in [0.29, 0.717) is 6.61 Å². The zero-order valence-corrected chi connectivity index (χ0v) is 15.2. The third kappa shape index (κ3) is 3.93. The molecule has 136 valence electrons. The minimum atomic E-state index is -0.195. The van der Waals surface area contributed by atoms with Crippen LogP contribution in [0.5, 0.6) is 0 Å². The van der Waals surface area contributed by atoms with Gasteiger partial charge in [-0.1, -0.05) is 91.0 Å². The number of ether oxygens (including phenoxy) is 1. The second-order valence-electron chi connectivity index (χ2n) is 6.86. The van der Waals surface area contributed by atoms with Gasteiger partial charge in [0.05, 0.1) is 6.04 Å². The van der Waals surface area contributed by atoms with Gasteiger partial charge >= 0.3 is 5.97 Å². The molecule has 0 unspecified atom stereocenters. The summed E-state index contributed by atoms with van der Waals surface area (Å²) in [6, 6.07) is 30.4. The molecular formula is C24H23NO2. The SMILES string of the molecule is O=C(OCc1ccccc1)[C@H]1CCN1C(c1ccccc1)c1ccccc1. The minimum absolute atomic E-state index is 0.0652. The molecule has 0 radical (unpaired) electrons. The Bertz CT molecular complexity index is 825. The molecule has 1 aliphatic rings. The monoisotopic (exact) mass is 357 g/mol. The Morgan fingerprint density at radius 2 is 1.37 bits per heavy atom. The van der Waals surface area contributed by atoms with Crippen molar-refractivity contribution in [2.24, 2.45) is 0 Å². The van der Waals surface area contributed by atoms with Crippen molar-refractivity contribution in [1.82, 2.24) is 4.90 Å². The van der Waals surface area contributed by atoms with E-state index in [9.17, 15) is 4.79 Å². The van der Waals surface area contributed by atoms with Crippen LogP contribution in [0.25, 0.3) is 0 Å². The van der Waals surface area contributed by atoms with Crippen molar-refractivity contribution in [2.45, 2.75) is 25.1 Å². The molecule has 1 fully saturated rings. The summed E-state index contributed by atoms with van der Waals surface area (Å²) in [6.45, 7) is 1.21. The van der Waals surface area contributed by atoms with E-state index in [1.54, 1.807) is 0 Å². The lowest BCUT2D eigenvalue weighted by molar-refractivity contribution is -0.157. The molecule has 0 saturated carbocycles. The Hall–Kier alpha value is -2.91. The van der Waals surface area contributed by atoms with Crippen LogP contribution in [-0.2, 0) is 16.1 Å². The lowest BCUT2D eigenvalue weighted by atomic mass is 9.90. The van der Waals surface area contributed by atoms with E-state index >= 15 is 0 Å². The molecule has 3 aromatic rings. The van der Waals surface area contributed by atoms with Gasteiger partial charge in [0.2, 0.25) is 0 Å². The van der Waals surface area contributed by atoms with Crippen LogP contribution in [-0.4, -0.2) is 23.5 Å². The third-order valence-electron chi connectivity index (χ3n) is 5.12. The zero-order chi connectivity index (χ0) is 18.5. The number of rotatable bonds is 6. The van der Waals surface area contributed by atoms with Crippen LogP contribution in [0.4, 0.5) is 0 Å². The molecular weight excluding hydrogens is 334 g/mol. The van der Waals surface area contributed by atoms with Crippen LogP contribution in [0.3, 0.4) is 0 Å². The molecule has 1 heterocycles. The number of hydrogen-bond acceptors (Lipinski definition) is 3. The van der Waals surface area contributed by atoms with Crippen molar-refractivity contribution >= 4 is 5.97 Å². The molecule has 3 aromatic carbocycles. The molecule has 0 amide bonds. The quantitative estimate of drug-likeness (QED) is 0.604. The van der Waals surface area contributed by atoms with E-state index in [4.69, 9.17) is 4.74 Å². The van der Waals surface area contributed by atoms with E-state index in [2.05, 4.69) is 29.2 Å². The Morgan fingerprint density at radius 3 is 1.85 bits per heavy atom. The zero-order valence-electron chi connectivity index (χ0n) is 15.2. The lowest BCUT2D eigenvalue weighted by Gasteiger charge is -2.44. The van der Waals surface area contributed by atoms with E-state index in [-0.39, 0.29) is 18.1 Å². The number of nitrogens with zero attached hydrogens (tertiary/aromatic N) is 1. The topological polar surface area (TPSA) is 29.5 Å². The van der Waals surface area contributed by atoms with Gasteiger partial charge in [0.1, 0.15) is 12.6 Å². The molecule has 0 spiro atoms. The van der Waals surface area contributed by atoms with Crippen LogP contribution in [0, 0.1) is 0 Å². The van der Waals surface area contributed by atoms with Gasteiger partial charge in [-0.05, 0) is 23.1 Å². The van der Waals surface area contributed by atoms with Gasteiger partial charge in [-0.15, -0.1) is 0 Å². The number of esters is 1. The van der Waals surface area contributed by atoms with Gasteiger partial charge in [0.25, 0.3) is 0 Å². The molecule has 27 heavy (non-hydrogen) atoms. The van der Waals surface area contributed by atoms with Gasteiger partial charge in [0.15, 0.2) is 0 Å². The molecule has 3 heteroatoms. The second-order valence-corrected chi connectivity index (χ2v) is 6.86. The highest BCUT2D eigenvalue weighted by molar-refractivity contribution is 5.77. The first-order chi connectivity index (χ1) is 13.3. The summed E-state index contributed by atoms with van der Waals surface area (Å²) >= 11 is 0. The molecule has 0 aromatic heterocycles. The molecule has 1 saturated heterocycles. The summed E-state index contributed by atoms with van der Waals surface area (Å²) in [6.07, 6.45) is 0.837. The maximum Gasteiger partial charge on any atom is 0.323 e. The highest BCUT2D eigenvalue weighted by atomic mass is 16.5. The Balaban J connectivity index is 1.51. The molecule has 1 aliphatic heterocycles. The van der Waals surface area contributed by atoms with Crippen molar-refractivity contribution in [1.29, 1.82) is 0 Å². The van der Waals surface area contributed by atoms with Crippen molar-refractivity contribution in [3.8, 4) is 0 Å². The Morgan fingerprint density at radius 1 is 0.852 bits per heavy atom. The largest absolute Gasteiger partial charge is 0.460 e. The average Bonchev–Trinajstić information content (AvgIpc) is 2.71. The summed E-state index contributed by atoms with van der Waals surface area (Å²) in [5.41, 5.74) is 3.41. The maximum atomic E-state index is 12.7. The minimum Gasteiger partial charge on any atom is -0.460 e. The van der Waals surface area contributed by atoms with E-state index in [0.717, 1.165) is 18.5 Å². The highest BCUT2D eigenvalue weighted by Crippen LogP contribution is 2.36. The summed E-state index contributed by atoms with van der Waals surface area (Å²) in [5, 5.41) is 0. The predicted octanol–water partition coefficient (Wildman–Crippen LogP) is 4.59. The van der Waals surface area contributed by atoms with Gasteiger partial charge in [0, 0.05) is 6.54 Å². The lowest BCUT2D eigenvalue weighted by Crippen LogP contribution is -2.54. The molecule has 1 atom stereocenters. The van der Waals surface area contributed by atoms with Gasteiger partial charge in [-0.2, -0.15) is 0 Å². The summed E-state index contributed by atoms with van der Waals surface area (Å²) in [4.78, 5) is 15.0. The first kappa shape index (κ1) is 17.5. The Kier molecular flexibility index (Phi) is 5.31. The van der Waals surface area contributed by atoms with Crippen LogP contribution in [0.2, 0.25) is 0 Å². The van der Waals surface area contributed by atoms with Gasteiger partial charge in [-0.3, -0.25) is 9.69 Å². The molecule has 0 N–H and O–H groups in total. The van der Waals surface area contributed by atoms with Crippen molar-refractivity contribution in [3.05, 3.63) is 108 Å². The van der Waals surface area contributed by atoms with Crippen molar-refractivity contribution in [2.75, 3.05) is 6.54 Å². The first-order valence-electron chi connectivity index (χ1n) is 9.39. The van der Waals surface area contributed by atoms with E-state index < -0.39 is 0 Å². The fourth-order valence-electron chi connectivity index (χ4n) is 3.64. The van der Waals surface area contributed by atoms with Crippen molar-refractivity contribution < 1.29 is 9.53 Å². The molecule has 0 bridgehead atoms. The smallest absolute Gasteiger partial charge is 0.323 e. The Labute approximate surface area is 160 Å². The predicted molar refractivity (Wildman–Crippen MR) is 106 cm³/mol. The molecule has 0 aliphatic carbocycles. The summed E-state index contributed by atoms with van der Waals surface area (Å²) in [5.74, 6) is -0.137. The van der Waals surface area contributed by atoms with Gasteiger partial charge in [-0.25, -0.2) is 0 Å². The van der Waals surface area contributed by atoms with Crippen LogP contribution in [0.1, 0.15) is 29.2 Å². The normalized spacial score (nSPS) is 16.7. The second kappa shape index (κ2) is 8.19. The highest BCUT2D eigenvalue weighted by Gasteiger charge is 2.40. The molecule has 3 nitrogen and oxygen atoms in total. The number of benzene rings is 3. The van der Waals surface area contributed by atoms with Crippen LogP contribution in [0.15, 0.2) is 91.0 Å². The average molecular weight is 357 g/mol. The fourth-order valence-corrected chi connectivity index (χ4v) is 3.64. The number of carbonyl (C=O) groups is 1. The van der Waals surface area contributed by atoms with E-state index in [1.807, 2.05) is 66.7 Å². The van der Waals surface area contributed by atoms with Crippen LogP contribution >= 0.6 is 0 Å². The molecule has 4 rings (SSSR count).